The van der Waals surface area contributed by atoms with Crippen LogP contribution in [-0.4, -0.2) is 23.2 Å². The molecule has 6 atom stereocenters. The van der Waals surface area contributed by atoms with Gasteiger partial charge >= 0.3 is 11.0 Å². The highest BCUT2D eigenvalue weighted by atomic mass is 32.1. The van der Waals surface area contributed by atoms with Crippen LogP contribution in [0.4, 0.5) is 5.13 Å². The Balaban J connectivity index is 1.65. The fraction of sp³-hybridized carbons (Fsp3) is 0.783. The minimum atomic E-state index is 0.110. The van der Waals surface area contributed by atoms with Gasteiger partial charge in [0.25, 0.3) is 0 Å². The number of amides is 1. The molecule has 0 N–H and O–H groups in total. The molecule has 1 aliphatic heterocycles. The standard InChI is InChI=1S/C23H34N3OS/c1-14-13-16-17-7-6-10-22(17,3)11-8-18(16)23(4)12-9-19(27)26(5,20(14)23)21-25-24-15(2)28-21/h16-18H,6-13H2,1-5H3/q+1/t16-,17-,18-,22-,23+,26?/m0/s1. The van der Waals surface area contributed by atoms with Gasteiger partial charge in [0.05, 0.1) is 13.5 Å². The maximum atomic E-state index is 13.3. The number of quaternary nitrogens is 1. The molecule has 5 rings (SSSR count). The monoisotopic (exact) mass is 400 g/mol. The lowest BCUT2D eigenvalue weighted by atomic mass is 9.48. The van der Waals surface area contributed by atoms with E-state index in [9.17, 15) is 4.79 Å². The number of aromatic nitrogens is 2. The van der Waals surface area contributed by atoms with Crippen molar-refractivity contribution in [3.63, 3.8) is 0 Å². The molecule has 2 saturated carbocycles. The smallest absolute Gasteiger partial charge is 0.230 e. The van der Waals surface area contributed by atoms with Gasteiger partial charge in [-0.3, -0.25) is 0 Å². The van der Waals surface area contributed by atoms with Gasteiger partial charge < -0.3 is 0 Å². The van der Waals surface area contributed by atoms with E-state index in [2.05, 4.69) is 38.0 Å². The molecule has 1 aromatic rings. The van der Waals surface area contributed by atoms with Crippen LogP contribution in [0.5, 0.6) is 0 Å². The van der Waals surface area contributed by atoms with Gasteiger partial charge in [0, 0.05) is 5.41 Å². The van der Waals surface area contributed by atoms with Crippen LogP contribution >= 0.6 is 11.3 Å². The molecular weight excluding hydrogens is 366 g/mol. The summed E-state index contributed by atoms with van der Waals surface area (Å²) in [6.07, 6.45) is 9.79. The highest BCUT2D eigenvalue weighted by molar-refractivity contribution is 7.15. The van der Waals surface area contributed by atoms with Crippen LogP contribution in [0.2, 0.25) is 0 Å². The van der Waals surface area contributed by atoms with Crippen LogP contribution in [0.3, 0.4) is 0 Å². The summed E-state index contributed by atoms with van der Waals surface area (Å²) in [7, 11) is 2.10. The molecule has 28 heavy (non-hydrogen) atoms. The van der Waals surface area contributed by atoms with Crippen molar-refractivity contribution in [2.24, 2.45) is 28.6 Å². The predicted octanol–water partition coefficient (Wildman–Crippen LogP) is 5.62. The Kier molecular flexibility index (Phi) is 4.04. The molecule has 3 aliphatic carbocycles. The molecule has 4 aliphatic rings. The Morgan fingerprint density at radius 3 is 2.57 bits per heavy atom. The van der Waals surface area contributed by atoms with Crippen molar-refractivity contribution >= 4 is 22.4 Å². The first-order valence-electron chi connectivity index (χ1n) is 11.1. The van der Waals surface area contributed by atoms with E-state index in [1.165, 1.54) is 49.8 Å². The normalized spacial score (nSPS) is 45.6. The zero-order chi connectivity index (χ0) is 19.9. The van der Waals surface area contributed by atoms with Crippen molar-refractivity contribution in [3.8, 4) is 0 Å². The molecule has 1 saturated heterocycles. The second-order valence-electron chi connectivity index (χ2n) is 10.7. The van der Waals surface area contributed by atoms with Crippen molar-refractivity contribution in [2.45, 2.75) is 79.1 Å². The van der Waals surface area contributed by atoms with Gasteiger partial charge in [0.15, 0.2) is 0 Å². The fourth-order valence-corrected chi connectivity index (χ4v) is 8.85. The zero-order valence-corrected chi connectivity index (χ0v) is 18.9. The summed E-state index contributed by atoms with van der Waals surface area (Å²) >= 11 is 1.59. The van der Waals surface area contributed by atoms with Crippen LogP contribution in [0.25, 0.3) is 0 Å². The minimum Gasteiger partial charge on any atom is -0.230 e. The number of aryl methyl sites for hydroxylation is 1. The third-order valence-corrected chi connectivity index (χ3v) is 10.2. The SMILES string of the molecule is CC1=C2[C@](C)(CCC(=O)[N+]2(C)c2nnc(C)s2)[C@H]2CC[C@]3(C)CCC[C@H]3[C@@H]2C1. The van der Waals surface area contributed by atoms with Crippen molar-refractivity contribution in [1.29, 1.82) is 0 Å². The van der Waals surface area contributed by atoms with E-state index in [-0.39, 0.29) is 9.90 Å². The molecule has 3 fully saturated rings. The van der Waals surface area contributed by atoms with Crippen LogP contribution in [0, 0.1) is 35.5 Å². The molecular formula is C23H34N3OS+. The van der Waals surface area contributed by atoms with Crippen molar-refractivity contribution in [2.75, 3.05) is 7.05 Å². The first kappa shape index (κ1) is 18.9. The third kappa shape index (κ3) is 2.29. The summed E-state index contributed by atoms with van der Waals surface area (Å²) in [6, 6.07) is 0. The lowest BCUT2D eigenvalue weighted by molar-refractivity contribution is -0.135. The summed E-state index contributed by atoms with van der Waals surface area (Å²) < 4.78 is 0.277. The predicted molar refractivity (Wildman–Crippen MR) is 114 cm³/mol. The Bertz CT molecular complexity index is 875. The number of piperidine rings is 1. The van der Waals surface area contributed by atoms with Gasteiger partial charge in [0.1, 0.15) is 10.7 Å². The number of fused-ring (bicyclic) bond motifs is 5. The van der Waals surface area contributed by atoms with E-state index in [0.29, 0.717) is 23.7 Å². The van der Waals surface area contributed by atoms with E-state index in [0.717, 1.165) is 28.4 Å². The summed E-state index contributed by atoms with van der Waals surface area (Å²) in [4.78, 5) is 13.3. The van der Waals surface area contributed by atoms with E-state index >= 15 is 0 Å². The van der Waals surface area contributed by atoms with Gasteiger partial charge in [-0.25, -0.2) is 4.79 Å². The molecule has 0 aromatic carbocycles. The zero-order valence-electron chi connectivity index (χ0n) is 18.0. The van der Waals surface area contributed by atoms with Gasteiger partial charge in [-0.2, -0.15) is 4.48 Å². The summed E-state index contributed by atoms with van der Waals surface area (Å²) in [5, 5.41) is 10.6. The van der Waals surface area contributed by atoms with Crippen LogP contribution < -0.4 is 4.48 Å². The number of hydrogen-bond donors (Lipinski definition) is 0. The number of carbonyl (C=O) groups is 1. The Labute approximate surface area is 173 Å². The number of hydrogen-bond acceptors (Lipinski definition) is 4. The van der Waals surface area contributed by atoms with Crippen LogP contribution in [-0.2, 0) is 4.79 Å². The second kappa shape index (κ2) is 5.98. The Hall–Kier alpha value is -1.07. The third-order valence-electron chi connectivity index (χ3n) is 9.23. The van der Waals surface area contributed by atoms with E-state index in [4.69, 9.17) is 0 Å². The molecule has 0 radical (unpaired) electrons. The topological polar surface area (TPSA) is 42.9 Å². The molecule has 1 unspecified atom stereocenters. The van der Waals surface area contributed by atoms with E-state index < -0.39 is 0 Å². The Morgan fingerprint density at radius 2 is 1.86 bits per heavy atom. The van der Waals surface area contributed by atoms with Crippen molar-refractivity contribution < 1.29 is 4.79 Å². The number of carbonyl (C=O) groups excluding carboxylic acids is 1. The molecule has 1 aromatic heterocycles. The van der Waals surface area contributed by atoms with Crippen molar-refractivity contribution in [3.05, 3.63) is 16.3 Å². The number of nitrogens with zero attached hydrogens (tertiary/aromatic N) is 3. The summed E-state index contributed by atoms with van der Waals surface area (Å²) in [5.74, 6) is 2.68. The lowest BCUT2D eigenvalue weighted by Gasteiger charge is -2.58. The van der Waals surface area contributed by atoms with Crippen LogP contribution in [0.15, 0.2) is 11.3 Å². The second-order valence-corrected chi connectivity index (χ2v) is 11.9. The number of likely N-dealkylation sites (tertiary alicyclic amines) is 1. The van der Waals surface area contributed by atoms with E-state index in [1.807, 2.05) is 6.92 Å². The molecule has 0 bridgehead atoms. The first-order chi connectivity index (χ1) is 13.2. The molecule has 5 heteroatoms. The highest BCUT2D eigenvalue weighted by Crippen LogP contribution is 2.66. The maximum absolute atomic E-state index is 13.3. The maximum Gasteiger partial charge on any atom is 0.325 e. The highest BCUT2D eigenvalue weighted by Gasteiger charge is 2.63. The van der Waals surface area contributed by atoms with Crippen LogP contribution in [0.1, 0.15) is 77.1 Å². The molecule has 0 spiro atoms. The average Bonchev–Trinajstić information content (AvgIpc) is 3.24. The van der Waals surface area contributed by atoms with E-state index in [1.54, 1.807) is 11.3 Å². The summed E-state index contributed by atoms with van der Waals surface area (Å²) in [5.41, 5.74) is 3.50. The van der Waals surface area contributed by atoms with Crippen molar-refractivity contribution in [1.82, 2.24) is 14.7 Å². The van der Waals surface area contributed by atoms with Gasteiger partial charge in [-0.1, -0.05) is 25.4 Å². The number of rotatable bonds is 1. The molecule has 4 nitrogen and oxygen atoms in total. The first-order valence-corrected chi connectivity index (χ1v) is 11.9. The fourth-order valence-electron chi connectivity index (χ4n) is 8.05. The minimum absolute atomic E-state index is 0.110. The lowest BCUT2D eigenvalue weighted by Crippen LogP contribution is -2.62. The largest absolute Gasteiger partial charge is 0.325 e. The molecule has 2 heterocycles. The number of allylic oxidation sites excluding steroid dienone is 2. The van der Waals surface area contributed by atoms with Gasteiger partial charge in [-0.05, 0) is 92.5 Å². The molecule has 152 valence electrons. The van der Waals surface area contributed by atoms with Gasteiger partial charge in [0.2, 0.25) is 0 Å². The van der Waals surface area contributed by atoms with Gasteiger partial charge in [-0.15, -0.1) is 5.10 Å². The molecule has 1 amide bonds. The summed E-state index contributed by atoms with van der Waals surface area (Å²) in [6.45, 7) is 9.35. The quantitative estimate of drug-likeness (QED) is 0.575. The average molecular weight is 401 g/mol. The Morgan fingerprint density at radius 1 is 1.07 bits per heavy atom.